The fraction of sp³-hybridized carbons (Fsp3) is 0.929. The summed E-state index contributed by atoms with van der Waals surface area (Å²) in [5.41, 5.74) is 0. The first-order chi connectivity index (χ1) is 9.72. The highest BCUT2D eigenvalue weighted by molar-refractivity contribution is 5.76. The van der Waals surface area contributed by atoms with Gasteiger partial charge >= 0.3 is 0 Å². The second kappa shape index (κ2) is 13.3. The van der Waals surface area contributed by atoms with E-state index in [-0.39, 0.29) is 12.5 Å². The molecule has 0 aromatic carbocycles. The number of amides is 1. The number of carbonyl (C=O) groups is 1. The molecule has 0 radical (unpaired) electrons. The SMILES string of the molecule is CC.CNC(=O)COCCOCCN1CCN(C)CC1. The molecule has 0 bridgehead atoms. The molecule has 6 heteroatoms. The summed E-state index contributed by atoms with van der Waals surface area (Å²) in [5.74, 6) is -0.104. The summed E-state index contributed by atoms with van der Waals surface area (Å²) in [4.78, 5) is 15.6. The Morgan fingerprint density at radius 1 is 1.05 bits per heavy atom. The first kappa shape index (κ1) is 19.3. The molecule has 6 nitrogen and oxygen atoms in total. The number of rotatable bonds is 8. The van der Waals surface area contributed by atoms with E-state index in [2.05, 4.69) is 22.2 Å². The van der Waals surface area contributed by atoms with Gasteiger partial charge in [-0.25, -0.2) is 0 Å². The van der Waals surface area contributed by atoms with E-state index in [4.69, 9.17) is 9.47 Å². The molecule has 1 heterocycles. The summed E-state index contributed by atoms with van der Waals surface area (Å²) in [6.07, 6.45) is 0. The Kier molecular flexibility index (Phi) is 12.8. The van der Waals surface area contributed by atoms with Crippen molar-refractivity contribution in [1.82, 2.24) is 15.1 Å². The number of hydrogen-bond donors (Lipinski definition) is 1. The van der Waals surface area contributed by atoms with Crippen molar-refractivity contribution >= 4 is 5.91 Å². The summed E-state index contributed by atoms with van der Waals surface area (Å²) in [6, 6.07) is 0. The average molecular weight is 289 g/mol. The highest BCUT2D eigenvalue weighted by atomic mass is 16.5. The van der Waals surface area contributed by atoms with Gasteiger partial charge in [0, 0.05) is 39.8 Å². The quantitative estimate of drug-likeness (QED) is 0.640. The van der Waals surface area contributed by atoms with Gasteiger partial charge in [-0.3, -0.25) is 9.69 Å². The molecule has 0 aromatic heterocycles. The summed E-state index contributed by atoms with van der Waals surface area (Å²) in [7, 11) is 3.75. The van der Waals surface area contributed by atoms with Crippen molar-refractivity contribution in [2.24, 2.45) is 0 Å². The first-order valence-electron chi connectivity index (χ1n) is 7.49. The van der Waals surface area contributed by atoms with E-state index in [0.29, 0.717) is 13.2 Å². The lowest BCUT2D eigenvalue weighted by Crippen LogP contribution is -2.45. The van der Waals surface area contributed by atoms with Crippen LogP contribution in [0.2, 0.25) is 0 Å². The van der Waals surface area contributed by atoms with Crippen LogP contribution < -0.4 is 5.32 Å². The van der Waals surface area contributed by atoms with Crippen LogP contribution in [0.5, 0.6) is 0 Å². The Hall–Kier alpha value is -0.690. The Labute approximate surface area is 123 Å². The topological polar surface area (TPSA) is 54.0 Å². The lowest BCUT2D eigenvalue weighted by atomic mass is 10.3. The van der Waals surface area contributed by atoms with Crippen molar-refractivity contribution in [2.75, 3.05) is 73.2 Å². The molecule has 1 fully saturated rings. The third-order valence-electron chi connectivity index (χ3n) is 3.03. The van der Waals surface area contributed by atoms with Gasteiger partial charge in [-0.15, -0.1) is 0 Å². The van der Waals surface area contributed by atoms with Crippen molar-refractivity contribution in [3.8, 4) is 0 Å². The van der Waals surface area contributed by atoms with E-state index < -0.39 is 0 Å². The van der Waals surface area contributed by atoms with Crippen LogP contribution in [-0.4, -0.2) is 89.0 Å². The molecule has 120 valence electrons. The minimum atomic E-state index is -0.104. The zero-order valence-electron chi connectivity index (χ0n) is 13.5. The van der Waals surface area contributed by atoms with Crippen LogP contribution in [-0.2, 0) is 14.3 Å². The maximum absolute atomic E-state index is 10.8. The number of nitrogens with one attached hydrogen (secondary N) is 1. The smallest absolute Gasteiger partial charge is 0.245 e. The zero-order chi connectivity index (χ0) is 15.2. The zero-order valence-corrected chi connectivity index (χ0v) is 13.5. The molecule has 0 aliphatic carbocycles. The van der Waals surface area contributed by atoms with Crippen LogP contribution in [0.25, 0.3) is 0 Å². The van der Waals surface area contributed by atoms with Crippen LogP contribution in [0.4, 0.5) is 0 Å². The third-order valence-corrected chi connectivity index (χ3v) is 3.03. The van der Waals surface area contributed by atoms with Crippen LogP contribution in [0.3, 0.4) is 0 Å². The van der Waals surface area contributed by atoms with Gasteiger partial charge in [0.2, 0.25) is 5.91 Å². The van der Waals surface area contributed by atoms with Crippen LogP contribution in [0.15, 0.2) is 0 Å². The fourth-order valence-electron chi connectivity index (χ4n) is 1.72. The van der Waals surface area contributed by atoms with Gasteiger partial charge in [0.05, 0.1) is 19.8 Å². The molecular formula is C14H31N3O3. The molecule has 0 saturated carbocycles. The lowest BCUT2D eigenvalue weighted by Gasteiger charge is -2.32. The van der Waals surface area contributed by atoms with Crippen molar-refractivity contribution in [3.63, 3.8) is 0 Å². The predicted molar refractivity (Wildman–Crippen MR) is 81.0 cm³/mol. The van der Waals surface area contributed by atoms with Crippen LogP contribution in [0.1, 0.15) is 13.8 Å². The molecule has 0 atom stereocenters. The minimum Gasteiger partial charge on any atom is -0.378 e. The lowest BCUT2D eigenvalue weighted by molar-refractivity contribution is -0.125. The molecule has 0 aromatic rings. The van der Waals surface area contributed by atoms with E-state index in [0.717, 1.165) is 39.3 Å². The third kappa shape index (κ3) is 10.1. The largest absolute Gasteiger partial charge is 0.378 e. The van der Waals surface area contributed by atoms with Gasteiger partial charge in [0.15, 0.2) is 0 Å². The molecule has 0 spiro atoms. The Morgan fingerprint density at radius 3 is 2.25 bits per heavy atom. The molecule has 20 heavy (non-hydrogen) atoms. The maximum Gasteiger partial charge on any atom is 0.245 e. The molecular weight excluding hydrogens is 258 g/mol. The van der Waals surface area contributed by atoms with Crippen LogP contribution in [0, 0.1) is 0 Å². The van der Waals surface area contributed by atoms with Gasteiger partial charge < -0.3 is 19.7 Å². The molecule has 1 aliphatic heterocycles. The number of hydrogen-bond acceptors (Lipinski definition) is 5. The molecule has 1 N–H and O–H groups in total. The van der Waals surface area contributed by atoms with E-state index >= 15 is 0 Å². The molecule has 1 aliphatic rings. The Bertz CT molecular complexity index is 232. The maximum atomic E-state index is 10.8. The van der Waals surface area contributed by atoms with Crippen molar-refractivity contribution in [1.29, 1.82) is 0 Å². The second-order valence-electron chi connectivity index (χ2n) is 4.48. The van der Waals surface area contributed by atoms with Gasteiger partial charge in [0.1, 0.15) is 6.61 Å². The van der Waals surface area contributed by atoms with E-state index in [1.807, 2.05) is 13.8 Å². The Morgan fingerprint density at radius 2 is 1.65 bits per heavy atom. The van der Waals surface area contributed by atoms with Crippen molar-refractivity contribution in [2.45, 2.75) is 13.8 Å². The van der Waals surface area contributed by atoms with Gasteiger partial charge in [0.25, 0.3) is 0 Å². The summed E-state index contributed by atoms with van der Waals surface area (Å²) >= 11 is 0. The normalized spacial score (nSPS) is 16.4. The standard InChI is InChI=1S/C12H25N3O3.C2H6/c1-13-12(16)11-18-10-9-17-8-7-15-5-3-14(2)4-6-15;1-2/h3-11H2,1-2H3,(H,13,16);1-2H3. The Balaban J connectivity index is 0.00000172. The number of nitrogens with zero attached hydrogens (tertiary/aromatic N) is 2. The average Bonchev–Trinajstić information content (AvgIpc) is 2.50. The first-order valence-corrected chi connectivity index (χ1v) is 7.49. The van der Waals surface area contributed by atoms with Gasteiger partial charge in [-0.05, 0) is 7.05 Å². The summed E-state index contributed by atoms with van der Waals surface area (Å²) in [5, 5.41) is 2.50. The predicted octanol–water partition coefficient (Wildman–Crippen LogP) is 0.0392. The molecule has 1 saturated heterocycles. The molecule has 1 amide bonds. The highest BCUT2D eigenvalue weighted by Crippen LogP contribution is 1.98. The monoisotopic (exact) mass is 289 g/mol. The van der Waals surface area contributed by atoms with Crippen molar-refractivity contribution < 1.29 is 14.3 Å². The van der Waals surface area contributed by atoms with Gasteiger partial charge in [-0.2, -0.15) is 0 Å². The summed E-state index contributed by atoms with van der Waals surface area (Å²) in [6.45, 7) is 11.3. The molecule has 0 unspecified atom stereocenters. The molecule has 1 rings (SSSR count). The van der Waals surface area contributed by atoms with Crippen LogP contribution >= 0.6 is 0 Å². The number of piperazine rings is 1. The second-order valence-corrected chi connectivity index (χ2v) is 4.48. The van der Waals surface area contributed by atoms with Crippen molar-refractivity contribution in [3.05, 3.63) is 0 Å². The number of ether oxygens (including phenoxy) is 2. The minimum absolute atomic E-state index is 0.104. The number of likely N-dealkylation sites (N-methyl/N-ethyl adjacent to an activating group) is 2. The fourth-order valence-corrected chi connectivity index (χ4v) is 1.72. The number of carbonyl (C=O) groups excluding carboxylic acids is 1. The van der Waals surface area contributed by atoms with E-state index in [1.54, 1.807) is 7.05 Å². The summed E-state index contributed by atoms with van der Waals surface area (Å²) < 4.78 is 10.6. The highest BCUT2D eigenvalue weighted by Gasteiger charge is 2.12. The van der Waals surface area contributed by atoms with E-state index in [9.17, 15) is 4.79 Å². The van der Waals surface area contributed by atoms with Gasteiger partial charge in [-0.1, -0.05) is 13.8 Å². The van der Waals surface area contributed by atoms with E-state index in [1.165, 1.54) is 0 Å².